The molecule has 0 aromatic heterocycles. The molecule has 0 spiro atoms. The van der Waals surface area contributed by atoms with Crippen LogP contribution in [-0.2, 0) is 0 Å². The second-order valence-corrected chi connectivity index (χ2v) is 0. The van der Waals surface area contributed by atoms with Crippen molar-refractivity contribution >= 4 is 49.1 Å². The molecule has 0 fully saturated rings. The van der Waals surface area contributed by atoms with Crippen LogP contribution in [0.2, 0.25) is 0 Å². The van der Waals surface area contributed by atoms with Crippen molar-refractivity contribution in [3.05, 3.63) is 0 Å². The summed E-state index contributed by atoms with van der Waals surface area (Å²) in [4.78, 5) is 0. The number of hydrogen-bond acceptors (Lipinski definition) is 0. The Morgan fingerprint density at radius 1 is 0.571 bits per heavy atom. The van der Waals surface area contributed by atoms with Crippen LogP contribution in [0.1, 0.15) is 7.43 Å². The Labute approximate surface area is 57.3 Å². The van der Waals surface area contributed by atoms with Crippen molar-refractivity contribution in [3.8, 4) is 0 Å². The lowest BCUT2D eigenvalue weighted by Gasteiger charge is -1.00. The van der Waals surface area contributed by atoms with Crippen LogP contribution in [0.15, 0.2) is 0 Å². The highest BCUT2D eigenvalue weighted by Gasteiger charge is 1.00. The van der Waals surface area contributed by atoms with Gasteiger partial charge < -0.3 is 0 Å². The first-order valence-corrected chi connectivity index (χ1v) is 0.333. The topological polar surface area (TPSA) is 0 Å². The van der Waals surface area contributed by atoms with E-state index in [2.05, 4.69) is 15.5 Å². The molecule has 0 heterocycles. The highest BCUT2D eigenvalue weighted by Crippen LogP contribution is 0.619. The maximum atomic E-state index is 4.00. The first kappa shape index (κ1) is 156. The van der Waals surface area contributed by atoms with E-state index >= 15 is 0 Å². The summed E-state index contributed by atoms with van der Waals surface area (Å²) in [7, 11) is 8.00. The lowest BCUT2D eigenvalue weighted by molar-refractivity contribution is 2.50. The van der Waals surface area contributed by atoms with E-state index in [0.29, 0.717) is 0 Å². The van der Waals surface area contributed by atoms with Gasteiger partial charge in [0.25, 0.3) is 0 Å². The Kier molecular flexibility index (Phi) is 27300. The van der Waals surface area contributed by atoms with Crippen LogP contribution >= 0.6 is 0 Å². The molecule has 0 amide bonds. The fraction of sp³-hybridized carbons (Fsp3) is 1.00. The van der Waals surface area contributed by atoms with E-state index < -0.39 is 0 Å². The van der Waals surface area contributed by atoms with Crippen molar-refractivity contribution in [2.75, 3.05) is 0 Å². The third-order valence-electron chi connectivity index (χ3n) is 0. The molecule has 0 nitrogen and oxygen atoms in total. The average molecular weight is 80.9 g/mol. The molecule has 0 N–H and O–H groups in total. The van der Waals surface area contributed by atoms with Gasteiger partial charge in [0.2, 0.25) is 0 Å². The summed E-state index contributed by atoms with van der Waals surface area (Å²) in [5.74, 6) is 0. The fourth-order valence-electron chi connectivity index (χ4n) is 0. The van der Waals surface area contributed by atoms with Crippen LogP contribution in [0.4, 0.5) is 0 Å². The summed E-state index contributed by atoms with van der Waals surface area (Å²) >= 11 is 0. The molecule has 0 aliphatic rings. The average Bonchev–Trinajstić information content (AvgIpc) is 1.00. The summed E-state index contributed by atoms with van der Waals surface area (Å²) in [5, 5.41) is 0. The highest BCUT2D eigenvalue weighted by atomic mass is 12.0. The van der Waals surface area contributed by atoms with Gasteiger partial charge in [0.05, 0.1) is 0 Å². The van der Waals surface area contributed by atoms with Gasteiger partial charge in [-0.05, 0) is 0 Å². The largest absolute Gasteiger partial charge is 0.0776 e. The molecule has 0 aromatic carbocycles. The molecular weight excluding hydrogens is 76.9 g/mol. The van der Waals surface area contributed by atoms with Gasteiger partial charge in [-0.2, -0.15) is 0 Å². The Hall–Kier alpha value is 0.390. The van der Waals surface area contributed by atoms with Crippen molar-refractivity contribution in [2.45, 2.75) is 7.43 Å². The van der Waals surface area contributed by atoms with Crippen LogP contribution in [0.3, 0.4) is 0 Å². The predicted molar refractivity (Wildman–Crippen MR) is 41.3 cm³/mol. The zero-order chi connectivity index (χ0) is 2.00. The van der Waals surface area contributed by atoms with E-state index in [1.807, 2.05) is 0 Å². The third-order valence-corrected chi connectivity index (χ3v) is 0. The maximum absolute atomic E-state index is 4.00. The smallest absolute Gasteiger partial charge is 0 e. The molecule has 0 saturated carbocycles. The molecule has 0 unspecified atom stereocenters. The second-order valence-electron chi connectivity index (χ2n) is 0. The second kappa shape index (κ2) is 1220. The summed E-state index contributed by atoms with van der Waals surface area (Å²) in [6.07, 6.45) is 0. The minimum atomic E-state index is 0. The van der Waals surface area contributed by atoms with Crippen molar-refractivity contribution in [1.82, 2.24) is 0 Å². The van der Waals surface area contributed by atoms with E-state index in [0.717, 1.165) is 0 Å². The van der Waals surface area contributed by atoms with Crippen molar-refractivity contribution in [1.29, 1.82) is 0 Å². The molecule has 0 rings (SSSR count). The molecule has 0 aromatic rings. The van der Waals surface area contributed by atoms with Crippen molar-refractivity contribution in [3.63, 3.8) is 0 Å². The predicted octanol–water partition coefficient (Wildman–Crippen LogP) is -1.65. The zero-order valence-electron chi connectivity index (χ0n) is 3.46. The molecule has 0 aliphatic heterocycles. The summed E-state index contributed by atoms with van der Waals surface area (Å²) in [6, 6.07) is 0. The molecular formula is CH4B6. The minimum Gasteiger partial charge on any atom is -0.0776 e. The number of hydrogen-bond donors (Lipinski definition) is 0. The van der Waals surface area contributed by atoms with Gasteiger partial charge in [0.1, 0.15) is 0 Å². The van der Waals surface area contributed by atoms with Crippen LogP contribution in [0.25, 0.3) is 0 Å². The van der Waals surface area contributed by atoms with E-state index in [-0.39, 0.29) is 41.1 Å². The minimum absolute atomic E-state index is 0. The normalized spacial score (nSPS) is 0.571. The monoisotopic (exact) mass is 82.1 g/mol. The van der Waals surface area contributed by atoms with Gasteiger partial charge in [-0.15, -0.1) is 0 Å². The van der Waals surface area contributed by atoms with Gasteiger partial charge in [0, 0.05) is 49.1 Å². The Morgan fingerprint density at radius 2 is 0.571 bits per heavy atom. The molecule has 7 heavy (non-hydrogen) atoms. The standard InChI is InChI=1S/CH4.B2.4B/c;1-2;;;;/h1H4;;;;;. The fourth-order valence-corrected chi connectivity index (χ4v) is 0. The SMILES string of the molecule is C.[B].[B].[B].[B].[B][B]. The van der Waals surface area contributed by atoms with Gasteiger partial charge in [-0.3, -0.25) is 0 Å². The lowest BCUT2D eigenvalue weighted by atomic mass is 9.81. The van der Waals surface area contributed by atoms with Crippen LogP contribution < -0.4 is 0 Å². The number of rotatable bonds is 0. The van der Waals surface area contributed by atoms with Crippen LogP contribution in [-0.4, -0.2) is 49.1 Å². The molecule has 6 heteroatoms. The molecule has 0 saturated heterocycles. The van der Waals surface area contributed by atoms with E-state index in [1.165, 1.54) is 0 Å². The summed E-state index contributed by atoms with van der Waals surface area (Å²) < 4.78 is 0. The van der Waals surface area contributed by atoms with E-state index in [9.17, 15) is 0 Å². The Balaban J connectivity index is -0.000000000500. The van der Waals surface area contributed by atoms with E-state index in [1.54, 1.807) is 0 Å². The quantitative estimate of drug-likeness (QED) is 0.306. The molecule has 0 aliphatic carbocycles. The molecule has 0 bridgehead atoms. The van der Waals surface area contributed by atoms with Crippen LogP contribution in [0, 0.1) is 0 Å². The molecule has 26 valence electrons. The third kappa shape index (κ3) is 811. The maximum Gasteiger partial charge on any atom is 0 e. The molecule has 16 radical (unpaired) electrons. The summed E-state index contributed by atoms with van der Waals surface area (Å²) in [6.45, 7) is 0. The first-order valence-electron chi connectivity index (χ1n) is 0.333. The van der Waals surface area contributed by atoms with Crippen LogP contribution in [0.5, 0.6) is 0 Å². The Bertz CT molecular complexity index is 4.14. The van der Waals surface area contributed by atoms with Gasteiger partial charge >= 0.3 is 0 Å². The van der Waals surface area contributed by atoms with Gasteiger partial charge in [-0.25, -0.2) is 0 Å². The van der Waals surface area contributed by atoms with Gasteiger partial charge in [0.15, 0.2) is 0 Å². The van der Waals surface area contributed by atoms with Crippen molar-refractivity contribution in [2.24, 2.45) is 0 Å². The first-order chi connectivity index (χ1) is 1.00. The van der Waals surface area contributed by atoms with Crippen molar-refractivity contribution < 1.29 is 0 Å². The van der Waals surface area contributed by atoms with Gasteiger partial charge in [-0.1, -0.05) is 7.43 Å². The summed E-state index contributed by atoms with van der Waals surface area (Å²) in [5.41, 5.74) is 0. The highest BCUT2D eigenvalue weighted by molar-refractivity contribution is 6.75. The van der Waals surface area contributed by atoms with E-state index in [4.69, 9.17) is 0 Å². The Morgan fingerprint density at radius 3 is 0.571 bits per heavy atom. The zero-order valence-corrected chi connectivity index (χ0v) is 3.46. The lowest BCUT2D eigenvalue weighted by Crippen LogP contribution is -1.38. The molecule has 0 atom stereocenters.